The van der Waals surface area contributed by atoms with Crippen LogP contribution in [-0.2, 0) is 0 Å². The summed E-state index contributed by atoms with van der Waals surface area (Å²) in [4.78, 5) is 0. The SMILES string of the molecule is CCCCCC(N)SC#N.[CaH2]. The Bertz CT molecular complexity index is 113. The summed E-state index contributed by atoms with van der Waals surface area (Å²) in [6, 6.07) is 0. The number of nitrogens with two attached hydrogens (primary N) is 1. The Kier molecular flexibility index (Phi) is 14.7. The first-order chi connectivity index (χ1) is 4.81. The van der Waals surface area contributed by atoms with E-state index in [-0.39, 0.29) is 43.1 Å². The van der Waals surface area contributed by atoms with Crippen LogP contribution in [0.3, 0.4) is 0 Å². The van der Waals surface area contributed by atoms with Crippen LogP contribution >= 0.6 is 11.8 Å². The van der Waals surface area contributed by atoms with Gasteiger partial charge >= 0.3 is 37.7 Å². The van der Waals surface area contributed by atoms with Crippen molar-refractivity contribution >= 4 is 49.5 Å². The van der Waals surface area contributed by atoms with E-state index >= 15 is 0 Å². The molecule has 0 aliphatic rings. The first kappa shape index (κ1) is 14.6. The number of rotatable bonds is 5. The zero-order valence-electron chi connectivity index (χ0n) is 6.34. The Labute approximate surface area is 103 Å². The van der Waals surface area contributed by atoms with E-state index in [4.69, 9.17) is 11.0 Å². The fraction of sp³-hybridized carbons (Fsp3) is 0.857. The van der Waals surface area contributed by atoms with Gasteiger partial charge in [0.1, 0.15) is 5.40 Å². The molecule has 62 valence electrons. The Morgan fingerprint density at radius 3 is 2.64 bits per heavy atom. The molecule has 0 radical (unpaired) electrons. The third-order valence-electron chi connectivity index (χ3n) is 1.30. The van der Waals surface area contributed by atoms with E-state index in [0.717, 1.165) is 12.8 Å². The molecular weight excluding hydrogens is 184 g/mol. The number of unbranched alkanes of at least 4 members (excludes halogenated alkanes) is 2. The van der Waals surface area contributed by atoms with Crippen LogP contribution in [0.25, 0.3) is 0 Å². The second-order valence-electron chi connectivity index (χ2n) is 2.24. The number of thioether (sulfide) groups is 1. The summed E-state index contributed by atoms with van der Waals surface area (Å²) in [6.07, 6.45) is 4.54. The topological polar surface area (TPSA) is 49.8 Å². The summed E-state index contributed by atoms with van der Waals surface area (Å²) >= 11 is 1.17. The maximum absolute atomic E-state index is 8.23. The van der Waals surface area contributed by atoms with Gasteiger partial charge in [-0.3, -0.25) is 0 Å². The molecule has 0 fully saturated rings. The van der Waals surface area contributed by atoms with E-state index in [1.807, 2.05) is 5.40 Å². The molecule has 0 saturated carbocycles. The van der Waals surface area contributed by atoms with Crippen molar-refractivity contribution in [2.45, 2.75) is 38.0 Å². The van der Waals surface area contributed by atoms with Crippen molar-refractivity contribution in [1.82, 2.24) is 0 Å². The molecule has 0 bridgehead atoms. The standard InChI is InChI=1S/C7H14N2S.Ca.2H/c1-2-3-4-5-7(9)10-6-8;;;/h7H,2-5,9H2,1H3;;;. The van der Waals surface area contributed by atoms with Crippen molar-refractivity contribution in [3.8, 4) is 5.40 Å². The predicted molar refractivity (Wildman–Crippen MR) is 53.9 cm³/mol. The Morgan fingerprint density at radius 2 is 2.18 bits per heavy atom. The van der Waals surface area contributed by atoms with Crippen molar-refractivity contribution in [2.75, 3.05) is 0 Å². The average molecular weight is 200 g/mol. The normalized spacial score (nSPS) is 11.4. The molecule has 0 saturated heterocycles. The van der Waals surface area contributed by atoms with Crippen LogP contribution in [0.4, 0.5) is 0 Å². The van der Waals surface area contributed by atoms with Gasteiger partial charge in [0.25, 0.3) is 0 Å². The van der Waals surface area contributed by atoms with E-state index in [1.54, 1.807) is 0 Å². The summed E-state index contributed by atoms with van der Waals surface area (Å²) in [5, 5.41) is 10.2. The zero-order chi connectivity index (χ0) is 7.82. The van der Waals surface area contributed by atoms with Crippen LogP contribution < -0.4 is 5.73 Å². The fourth-order valence-electron chi connectivity index (χ4n) is 0.722. The molecule has 11 heavy (non-hydrogen) atoms. The molecule has 0 aliphatic heterocycles. The van der Waals surface area contributed by atoms with Crippen molar-refractivity contribution in [3.05, 3.63) is 0 Å². The molecule has 1 unspecified atom stereocenters. The van der Waals surface area contributed by atoms with Gasteiger partial charge in [-0.2, -0.15) is 5.26 Å². The molecule has 0 aromatic rings. The van der Waals surface area contributed by atoms with Crippen LogP contribution in [0.15, 0.2) is 0 Å². The van der Waals surface area contributed by atoms with Crippen LogP contribution in [0.2, 0.25) is 0 Å². The third kappa shape index (κ3) is 11.1. The number of hydrogen-bond acceptors (Lipinski definition) is 3. The number of hydrogen-bond donors (Lipinski definition) is 1. The first-order valence-electron chi connectivity index (χ1n) is 3.61. The molecule has 1 atom stereocenters. The van der Waals surface area contributed by atoms with Gasteiger partial charge in [-0.1, -0.05) is 26.2 Å². The summed E-state index contributed by atoms with van der Waals surface area (Å²) in [5.41, 5.74) is 5.57. The monoisotopic (exact) mass is 200 g/mol. The van der Waals surface area contributed by atoms with Gasteiger partial charge in [-0.15, -0.1) is 0 Å². The summed E-state index contributed by atoms with van der Waals surface area (Å²) < 4.78 is 0. The molecule has 0 spiro atoms. The molecule has 0 aliphatic carbocycles. The summed E-state index contributed by atoms with van der Waals surface area (Å²) in [5.74, 6) is 0. The molecule has 4 heteroatoms. The quantitative estimate of drug-likeness (QED) is 0.313. The minimum atomic E-state index is 0. The minimum absolute atomic E-state index is 0. The van der Waals surface area contributed by atoms with Crippen molar-refractivity contribution in [1.29, 1.82) is 5.26 Å². The van der Waals surface area contributed by atoms with E-state index in [0.29, 0.717) is 0 Å². The Hall–Kier alpha value is 1.06. The molecule has 0 amide bonds. The van der Waals surface area contributed by atoms with E-state index in [9.17, 15) is 0 Å². The van der Waals surface area contributed by atoms with Crippen LogP contribution in [0, 0.1) is 10.7 Å². The molecule has 2 N–H and O–H groups in total. The van der Waals surface area contributed by atoms with E-state index < -0.39 is 0 Å². The fourth-order valence-corrected chi connectivity index (χ4v) is 1.14. The first-order valence-corrected chi connectivity index (χ1v) is 4.49. The molecular formula is C7H16CaN2S. The van der Waals surface area contributed by atoms with Gasteiger partial charge in [0.15, 0.2) is 0 Å². The Morgan fingerprint density at radius 1 is 1.55 bits per heavy atom. The van der Waals surface area contributed by atoms with Crippen molar-refractivity contribution in [2.24, 2.45) is 5.73 Å². The second kappa shape index (κ2) is 11.1. The molecule has 0 aromatic heterocycles. The molecule has 0 aromatic carbocycles. The third-order valence-corrected chi connectivity index (χ3v) is 1.94. The summed E-state index contributed by atoms with van der Waals surface area (Å²) in [6.45, 7) is 2.16. The van der Waals surface area contributed by atoms with Gasteiger partial charge in [0.2, 0.25) is 0 Å². The van der Waals surface area contributed by atoms with Crippen LogP contribution in [0.1, 0.15) is 32.6 Å². The van der Waals surface area contributed by atoms with Gasteiger partial charge in [-0.05, 0) is 18.2 Å². The van der Waals surface area contributed by atoms with E-state index in [2.05, 4.69) is 6.92 Å². The van der Waals surface area contributed by atoms with Crippen molar-refractivity contribution in [3.63, 3.8) is 0 Å². The molecule has 0 heterocycles. The number of thiocyanates is 1. The van der Waals surface area contributed by atoms with E-state index in [1.165, 1.54) is 24.6 Å². The predicted octanol–water partition coefficient (Wildman–Crippen LogP) is 1.15. The summed E-state index contributed by atoms with van der Waals surface area (Å²) in [7, 11) is 0. The molecule has 0 rings (SSSR count). The average Bonchev–Trinajstić information content (AvgIpc) is 1.89. The van der Waals surface area contributed by atoms with Gasteiger partial charge in [0, 0.05) is 0 Å². The number of nitriles is 1. The molecule has 2 nitrogen and oxygen atoms in total. The van der Waals surface area contributed by atoms with Gasteiger partial charge in [-0.25, -0.2) is 0 Å². The van der Waals surface area contributed by atoms with Crippen LogP contribution in [-0.4, -0.2) is 43.1 Å². The van der Waals surface area contributed by atoms with Crippen molar-refractivity contribution < 1.29 is 0 Å². The van der Waals surface area contributed by atoms with Gasteiger partial charge < -0.3 is 5.73 Å². The number of nitrogens with zero attached hydrogens (tertiary/aromatic N) is 1. The Balaban J connectivity index is 0. The maximum atomic E-state index is 8.23. The zero-order valence-corrected chi connectivity index (χ0v) is 7.16. The second-order valence-corrected chi connectivity index (χ2v) is 3.27. The van der Waals surface area contributed by atoms with Crippen LogP contribution in [0.5, 0.6) is 0 Å². The van der Waals surface area contributed by atoms with Gasteiger partial charge in [0.05, 0.1) is 5.37 Å².